The lowest BCUT2D eigenvalue weighted by molar-refractivity contribution is -0.116. The fraction of sp³-hybridized carbons (Fsp3) is 0.292. The smallest absolute Gasteiger partial charge is 0.238 e. The third-order valence-electron chi connectivity index (χ3n) is 5.75. The zero-order valence-corrected chi connectivity index (χ0v) is 19.7. The maximum Gasteiger partial charge on any atom is 0.238 e. The van der Waals surface area contributed by atoms with Crippen LogP contribution in [0, 0.1) is 0 Å². The number of carbonyl (C=O) groups excluding carboxylic acids is 1. The number of amides is 1. The van der Waals surface area contributed by atoms with E-state index in [4.69, 9.17) is 26.3 Å². The first-order chi connectivity index (χ1) is 16.6. The molecule has 4 heterocycles. The number of ether oxygens (including phenoxy) is 1. The topological polar surface area (TPSA) is 98.1 Å². The Kier molecular flexibility index (Phi) is 6.12. The first-order valence-electron chi connectivity index (χ1n) is 11.2. The van der Waals surface area contributed by atoms with Crippen LogP contribution in [0.3, 0.4) is 0 Å². The summed E-state index contributed by atoms with van der Waals surface area (Å²) in [5.74, 6) is -0.332. The quantitative estimate of drug-likeness (QED) is 0.380. The number of carbonyl (C=O) groups is 1. The maximum absolute atomic E-state index is 13.1. The lowest BCUT2D eigenvalue weighted by atomic mass is 9.95. The Morgan fingerprint density at radius 2 is 2.12 bits per heavy atom. The summed E-state index contributed by atoms with van der Waals surface area (Å²) < 4.78 is 7.27. The van der Waals surface area contributed by atoms with Gasteiger partial charge in [0.05, 0.1) is 36.1 Å². The minimum Gasteiger partial charge on any atom is -0.380 e. The van der Waals surface area contributed by atoms with Crippen LogP contribution in [0.1, 0.15) is 31.0 Å². The first kappa shape index (κ1) is 22.2. The van der Waals surface area contributed by atoms with E-state index in [0.29, 0.717) is 48.6 Å². The van der Waals surface area contributed by atoms with Gasteiger partial charge in [-0.15, -0.1) is 0 Å². The van der Waals surface area contributed by atoms with E-state index in [-0.39, 0.29) is 5.91 Å². The van der Waals surface area contributed by atoms with Crippen LogP contribution in [0.25, 0.3) is 11.0 Å². The number of hydrogen-bond donors (Lipinski definition) is 1. The normalized spacial score (nSPS) is 14.9. The molecular weight excluding hydrogens is 454 g/mol. The number of hydrogen-bond acceptors (Lipinski definition) is 7. The summed E-state index contributed by atoms with van der Waals surface area (Å²) in [7, 11) is 0. The van der Waals surface area contributed by atoms with Gasteiger partial charge < -0.3 is 15.0 Å². The van der Waals surface area contributed by atoms with Crippen molar-refractivity contribution < 1.29 is 9.53 Å². The summed E-state index contributed by atoms with van der Waals surface area (Å²) in [6, 6.07) is 9.20. The zero-order chi connectivity index (χ0) is 23.7. The van der Waals surface area contributed by atoms with Crippen molar-refractivity contribution >= 4 is 45.9 Å². The lowest BCUT2D eigenvalue weighted by Gasteiger charge is -2.21. The van der Waals surface area contributed by atoms with Crippen LogP contribution in [-0.4, -0.2) is 50.4 Å². The molecule has 1 amide bonds. The van der Waals surface area contributed by atoms with Gasteiger partial charge in [0.25, 0.3) is 0 Å². The largest absolute Gasteiger partial charge is 0.380 e. The Labute approximate surface area is 201 Å². The molecule has 0 radical (unpaired) electrons. The minimum atomic E-state index is -0.630. The zero-order valence-electron chi connectivity index (χ0n) is 18.9. The Morgan fingerprint density at radius 1 is 1.24 bits per heavy atom. The first-order valence-corrected chi connectivity index (χ1v) is 11.6. The van der Waals surface area contributed by atoms with E-state index in [9.17, 15) is 4.79 Å². The number of benzene rings is 1. The highest BCUT2D eigenvalue weighted by atomic mass is 35.5. The van der Waals surface area contributed by atoms with Gasteiger partial charge in [-0.05, 0) is 49.7 Å². The molecule has 0 bridgehead atoms. The Morgan fingerprint density at radius 3 is 2.88 bits per heavy atom. The van der Waals surface area contributed by atoms with E-state index in [0.717, 1.165) is 22.3 Å². The molecule has 9 nitrogen and oxygen atoms in total. The molecule has 1 aromatic carbocycles. The molecule has 5 rings (SSSR count). The Balaban J connectivity index is 1.68. The van der Waals surface area contributed by atoms with Crippen molar-refractivity contribution in [2.24, 2.45) is 0 Å². The van der Waals surface area contributed by atoms with Gasteiger partial charge in [-0.1, -0.05) is 11.6 Å². The fourth-order valence-corrected chi connectivity index (χ4v) is 4.36. The molecule has 0 aliphatic carbocycles. The van der Waals surface area contributed by atoms with Crippen molar-refractivity contribution in [3.63, 3.8) is 0 Å². The molecule has 1 unspecified atom stereocenters. The molecule has 0 saturated carbocycles. The van der Waals surface area contributed by atoms with Gasteiger partial charge in [-0.2, -0.15) is 10.1 Å². The van der Waals surface area contributed by atoms with E-state index in [1.54, 1.807) is 23.1 Å². The summed E-state index contributed by atoms with van der Waals surface area (Å²) >= 11 is 6.28. The van der Waals surface area contributed by atoms with E-state index in [1.807, 2.05) is 49.2 Å². The van der Waals surface area contributed by atoms with Gasteiger partial charge in [-0.25, -0.2) is 4.98 Å². The number of fused-ring (bicyclic) bond motifs is 2. The third-order valence-corrected chi connectivity index (χ3v) is 5.98. The molecule has 34 heavy (non-hydrogen) atoms. The van der Waals surface area contributed by atoms with Crippen molar-refractivity contribution in [1.29, 1.82) is 0 Å². The molecule has 0 saturated heterocycles. The molecule has 10 heteroatoms. The van der Waals surface area contributed by atoms with Crippen LogP contribution in [0.5, 0.6) is 0 Å². The molecule has 1 aliphatic rings. The average molecular weight is 478 g/mol. The predicted octanol–water partition coefficient (Wildman–Crippen LogP) is 4.15. The summed E-state index contributed by atoms with van der Waals surface area (Å²) in [5, 5.41) is 8.90. The van der Waals surface area contributed by atoms with Crippen LogP contribution < -0.4 is 10.2 Å². The van der Waals surface area contributed by atoms with Gasteiger partial charge in [0.1, 0.15) is 5.92 Å². The van der Waals surface area contributed by atoms with Crippen LogP contribution in [0.2, 0.25) is 5.02 Å². The number of halogens is 1. The average Bonchev–Trinajstić information content (AvgIpc) is 3.39. The second-order valence-electron chi connectivity index (χ2n) is 7.84. The summed E-state index contributed by atoms with van der Waals surface area (Å²) in [5.41, 5.74) is 3.47. The number of aromatic nitrogens is 5. The molecule has 1 atom stereocenters. The predicted molar refractivity (Wildman–Crippen MR) is 131 cm³/mol. The fourth-order valence-electron chi connectivity index (χ4n) is 4.18. The monoisotopic (exact) mass is 477 g/mol. The third kappa shape index (κ3) is 4.08. The number of rotatable bonds is 8. The SMILES string of the molecule is CCOCCn1cc2c(C3C(=O)Nc4ccc(Cl)cc43)nc(N(CC)c3cccnc3)nc2n1. The highest BCUT2D eigenvalue weighted by Gasteiger charge is 2.36. The molecular formula is C24H24ClN7O2. The van der Waals surface area contributed by atoms with E-state index in [2.05, 4.69) is 15.4 Å². The number of nitrogens with one attached hydrogen (secondary N) is 1. The van der Waals surface area contributed by atoms with E-state index >= 15 is 0 Å². The van der Waals surface area contributed by atoms with Crippen molar-refractivity contribution in [1.82, 2.24) is 24.7 Å². The number of anilines is 3. The van der Waals surface area contributed by atoms with Crippen molar-refractivity contribution in [3.8, 4) is 0 Å². The van der Waals surface area contributed by atoms with Gasteiger partial charge in [0.15, 0.2) is 5.65 Å². The van der Waals surface area contributed by atoms with Crippen LogP contribution in [-0.2, 0) is 16.1 Å². The maximum atomic E-state index is 13.1. The second kappa shape index (κ2) is 9.36. The van der Waals surface area contributed by atoms with Gasteiger partial charge in [0, 0.05) is 36.3 Å². The second-order valence-corrected chi connectivity index (χ2v) is 8.28. The number of pyridine rings is 1. The molecule has 1 aliphatic heterocycles. The van der Waals surface area contributed by atoms with Crippen molar-refractivity contribution in [3.05, 3.63) is 65.2 Å². The van der Waals surface area contributed by atoms with Crippen molar-refractivity contribution in [2.45, 2.75) is 26.3 Å². The summed E-state index contributed by atoms with van der Waals surface area (Å²) in [4.78, 5) is 29.0. The molecule has 1 N–H and O–H groups in total. The van der Waals surface area contributed by atoms with Crippen LogP contribution in [0.15, 0.2) is 48.9 Å². The highest BCUT2D eigenvalue weighted by molar-refractivity contribution is 6.31. The van der Waals surface area contributed by atoms with E-state index < -0.39 is 5.92 Å². The molecule has 0 fully saturated rings. The van der Waals surface area contributed by atoms with Crippen LogP contribution in [0.4, 0.5) is 17.3 Å². The van der Waals surface area contributed by atoms with E-state index in [1.165, 1.54) is 0 Å². The minimum absolute atomic E-state index is 0.158. The molecule has 0 spiro atoms. The highest BCUT2D eigenvalue weighted by Crippen LogP contribution is 2.40. The number of nitrogens with zero attached hydrogens (tertiary/aromatic N) is 6. The van der Waals surface area contributed by atoms with Crippen LogP contribution >= 0.6 is 11.6 Å². The Hall–Kier alpha value is -3.56. The molecule has 4 aromatic rings. The summed E-state index contributed by atoms with van der Waals surface area (Å²) in [6.45, 7) is 6.30. The van der Waals surface area contributed by atoms with Gasteiger partial charge in [-0.3, -0.25) is 14.5 Å². The Bertz CT molecular complexity index is 1340. The lowest BCUT2D eigenvalue weighted by Crippen LogP contribution is -2.21. The summed E-state index contributed by atoms with van der Waals surface area (Å²) in [6.07, 6.45) is 5.36. The molecule has 3 aromatic heterocycles. The standard InChI is InChI=1S/C24H24ClN7O2/c1-3-32(16-6-5-9-26-13-16)24-28-21(18-14-31(10-11-34-4-2)30-22(18)29-24)20-17-12-15(25)7-8-19(17)27-23(20)33/h5-9,12-14,20H,3-4,10-11H2,1-2H3,(H,27,33). The van der Waals surface area contributed by atoms with Crippen molar-refractivity contribution in [2.75, 3.05) is 30.0 Å². The molecule has 174 valence electrons. The van der Waals surface area contributed by atoms with Gasteiger partial charge in [0.2, 0.25) is 11.9 Å². The van der Waals surface area contributed by atoms with Gasteiger partial charge >= 0.3 is 0 Å².